The first-order valence-electron chi connectivity index (χ1n) is 8.01. The van der Waals surface area contributed by atoms with Gasteiger partial charge in [-0.25, -0.2) is 0 Å². The van der Waals surface area contributed by atoms with Gasteiger partial charge in [-0.15, -0.1) is 0 Å². The highest BCUT2D eigenvalue weighted by atomic mass is 15.2. The van der Waals surface area contributed by atoms with E-state index in [9.17, 15) is 0 Å². The first-order chi connectivity index (χ1) is 9.45. The molecule has 2 rings (SSSR count). The van der Waals surface area contributed by atoms with Crippen molar-refractivity contribution in [1.82, 2.24) is 4.90 Å². The summed E-state index contributed by atoms with van der Waals surface area (Å²) in [6.07, 6.45) is 3.87. The van der Waals surface area contributed by atoms with Gasteiger partial charge in [0, 0.05) is 12.1 Å². The van der Waals surface area contributed by atoms with Gasteiger partial charge in [-0.3, -0.25) is 4.90 Å². The second-order valence-electron chi connectivity index (χ2n) is 6.91. The number of aryl methyl sites for hydroxylation is 1. The largest absolute Gasteiger partial charge is 0.326 e. The summed E-state index contributed by atoms with van der Waals surface area (Å²) in [4.78, 5) is 2.59. The minimum Gasteiger partial charge on any atom is -0.326 e. The quantitative estimate of drug-likeness (QED) is 0.902. The number of hydrogen-bond donors (Lipinski definition) is 1. The fourth-order valence-electron chi connectivity index (χ4n) is 3.31. The molecule has 2 N–H and O–H groups in total. The van der Waals surface area contributed by atoms with Gasteiger partial charge in [-0.05, 0) is 50.8 Å². The van der Waals surface area contributed by atoms with E-state index in [1.165, 1.54) is 43.5 Å². The Labute approximate surface area is 124 Å². The molecule has 1 aromatic rings. The highest BCUT2D eigenvalue weighted by Gasteiger charge is 2.33. The maximum Gasteiger partial charge on any atom is 0.0496 e. The average Bonchev–Trinajstić information content (AvgIpc) is 2.43. The molecular formula is C18H30N2. The van der Waals surface area contributed by atoms with Crippen molar-refractivity contribution in [2.75, 3.05) is 13.1 Å². The van der Waals surface area contributed by atoms with Crippen LogP contribution < -0.4 is 5.73 Å². The monoisotopic (exact) mass is 274 g/mol. The summed E-state index contributed by atoms with van der Waals surface area (Å²) in [7, 11) is 0. The average molecular weight is 274 g/mol. The maximum absolute atomic E-state index is 6.30. The van der Waals surface area contributed by atoms with Crippen molar-refractivity contribution in [3.05, 3.63) is 35.4 Å². The van der Waals surface area contributed by atoms with Crippen molar-refractivity contribution in [1.29, 1.82) is 0 Å². The summed E-state index contributed by atoms with van der Waals surface area (Å²) < 4.78 is 0. The lowest BCUT2D eigenvalue weighted by atomic mass is 9.77. The van der Waals surface area contributed by atoms with Crippen LogP contribution in [0.1, 0.15) is 57.2 Å². The molecule has 2 heteroatoms. The molecule has 0 saturated carbocycles. The summed E-state index contributed by atoms with van der Waals surface area (Å²) in [6.45, 7) is 11.4. The molecule has 0 radical (unpaired) electrons. The summed E-state index contributed by atoms with van der Waals surface area (Å²) in [5.41, 5.74) is 9.51. The van der Waals surface area contributed by atoms with Crippen LogP contribution in [0.5, 0.6) is 0 Å². The van der Waals surface area contributed by atoms with Crippen molar-refractivity contribution < 1.29 is 0 Å². The molecule has 2 nitrogen and oxygen atoms in total. The van der Waals surface area contributed by atoms with Crippen LogP contribution >= 0.6 is 0 Å². The molecule has 0 aliphatic carbocycles. The third-order valence-electron chi connectivity index (χ3n) is 5.17. The van der Waals surface area contributed by atoms with E-state index >= 15 is 0 Å². The smallest absolute Gasteiger partial charge is 0.0496 e. The summed E-state index contributed by atoms with van der Waals surface area (Å²) in [6, 6.07) is 9.42. The standard InChI is InChI=1S/C18H30N2/c1-5-18(4)10-12-20(13-11-18)17(15(3)19)16-8-6-14(2)7-9-16/h6-9,15,17H,5,10-13,19H2,1-4H3. The predicted molar refractivity (Wildman–Crippen MR) is 86.8 cm³/mol. The molecule has 0 aromatic heterocycles. The lowest BCUT2D eigenvalue weighted by molar-refractivity contribution is 0.0721. The summed E-state index contributed by atoms with van der Waals surface area (Å²) in [5, 5.41) is 0. The number of benzene rings is 1. The maximum atomic E-state index is 6.30. The summed E-state index contributed by atoms with van der Waals surface area (Å²) >= 11 is 0. The van der Waals surface area contributed by atoms with Crippen molar-refractivity contribution in [3.8, 4) is 0 Å². The second kappa shape index (κ2) is 6.28. The van der Waals surface area contributed by atoms with Gasteiger partial charge in [0.1, 0.15) is 0 Å². The Bertz CT molecular complexity index is 414. The van der Waals surface area contributed by atoms with E-state index in [4.69, 9.17) is 5.73 Å². The first kappa shape index (κ1) is 15.5. The van der Waals surface area contributed by atoms with Crippen molar-refractivity contribution in [2.45, 2.75) is 59.0 Å². The second-order valence-corrected chi connectivity index (χ2v) is 6.91. The van der Waals surface area contributed by atoms with E-state index in [0.717, 1.165) is 0 Å². The molecule has 1 saturated heterocycles. The molecule has 2 unspecified atom stereocenters. The Balaban J connectivity index is 2.13. The SMILES string of the molecule is CCC1(C)CCN(C(c2ccc(C)cc2)C(C)N)CC1. The molecule has 1 aromatic carbocycles. The van der Waals surface area contributed by atoms with Crippen LogP contribution in [0.4, 0.5) is 0 Å². The molecule has 0 amide bonds. The van der Waals surface area contributed by atoms with Crippen molar-refractivity contribution >= 4 is 0 Å². The zero-order valence-corrected chi connectivity index (χ0v) is 13.5. The van der Waals surface area contributed by atoms with Gasteiger partial charge in [0.2, 0.25) is 0 Å². The van der Waals surface area contributed by atoms with Crippen molar-refractivity contribution in [3.63, 3.8) is 0 Å². The van der Waals surface area contributed by atoms with Crippen molar-refractivity contribution in [2.24, 2.45) is 11.1 Å². The van der Waals surface area contributed by atoms with Crippen LogP contribution in [0.2, 0.25) is 0 Å². The highest BCUT2D eigenvalue weighted by molar-refractivity contribution is 5.25. The fraction of sp³-hybridized carbons (Fsp3) is 0.667. The van der Waals surface area contributed by atoms with Crippen LogP contribution in [0.25, 0.3) is 0 Å². The van der Waals surface area contributed by atoms with Crippen LogP contribution in [-0.4, -0.2) is 24.0 Å². The van der Waals surface area contributed by atoms with Crippen LogP contribution in [0.15, 0.2) is 24.3 Å². The van der Waals surface area contributed by atoms with Gasteiger partial charge in [-0.2, -0.15) is 0 Å². The number of hydrogen-bond acceptors (Lipinski definition) is 2. The zero-order chi connectivity index (χ0) is 14.8. The number of likely N-dealkylation sites (tertiary alicyclic amines) is 1. The van der Waals surface area contributed by atoms with E-state index in [0.29, 0.717) is 11.5 Å². The first-order valence-corrected chi connectivity index (χ1v) is 8.01. The molecule has 1 aliphatic heterocycles. The highest BCUT2D eigenvalue weighted by Crippen LogP contribution is 2.37. The Morgan fingerprint density at radius 2 is 1.75 bits per heavy atom. The minimum absolute atomic E-state index is 0.170. The number of rotatable bonds is 4. The minimum atomic E-state index is 0.170. The molecule has 1 fully saturated rings. The third-order valence-corrected chi connectivity index (χ3v) is 5.17. The van der Waals surface area contributed by atoms with Crippen LogP contribution in [-0.2, 0) is 0 Å². The lowest BCUT2D eigenvalue weighted by Crippen LogP contribution is -2.45. The Hall–Kier alpha value is -0.860. The molecule has 112 valence electrons. The van der Waals surface area contributed by atoms with E-state index in [1.54, 1.807) is 0 Å². The molecule has 1 heterocycles. The number of piperidine rings is 1. The fourth-order valence-corrected chi connectivity index (χ4v) is 3.31. The summed E-state index contributed by atoms with van der Waals surface area (Å²) in [5.74, 6) is 0. The van der Waals surface area contributed by atoms with E-state index < -0.39 is 0 Å². The van der Waals surface area contributed by atoms with Gasteiger partial charge < -0.3 is 5.73 Å². The number of nitrogens with zero attached hydrogens (tertiary/aromatic N) is 1. The predicted octanol–water partition coefficient (Wildman–Crippen LogP) is 3.90. The van der Waals surface area contributed by atoms with Gasteiger partial charge in [0.15, 0.2) is 0 Å². The molecule has 0 bridgehead atoms. The van der Waals surface area contributed by atoms with Gasteiger partial charge in [0.25, 0.3) is 0 Å². The molecular weight excluding hydrogens is 244 g/mol. The van der Waals surface area contributed by atoms with Gasteiger partial charge in [-0.1, -0.05) is 50.1 Å². The van der Waals surface area contributed by atoms with Gasteiger partial charge >= 0.3 is 0 Å². The molecule has 1 aliphatic rings. The lowest BCUT2D eigenvalue weighted by Gasteiger charge is -2.43. The Kier molecular flexibility index (Phi) is 4.87. The van der Waals surface area contributed by atoms with E-state index in [2.05, 4.69) is 56.9 Å². The molecule has 2 atom stereocenters. The molecule has 0 spiro atoms. The van der Waals surface area contributed by atoms with Crippen LogP contribution in [0.3, 0.4) is 0 Å². The topological polar surface area (TPSA) is 29.3 Å². The molecule has 20 heavy (non-hydrogen) atoms. The third kappa shape index (κ3) is 3.42. The zero-order valence-electron chi connectivity index (χ0n) is 13.5. The Morgan fingerprint density at radius 3 is 2.20 bits per heavy atom. The number of nitrogens with two attached hydrogens (primary N) is 1. The van der Waals surface area contributed by atoms with Crippen LogP contribution in [0, 0.1) is 12.3 Å². The van der Waals surface area contributed by atoms with E-state index in [-0.39, 0.29) is 6.04 Å². The van der Waals surface area contributed by atoms with E-state index in [1.807, 2.05) is 0 Å². The Morgan fingerprint density at radius 1 is 1.20 bits per heavy atom. The normalized spacial score (nSPS) is 22.4. The van der Waals surface area contributed by atoms with Gasteiger partial charge in [0.05, 0.1) is 0 Å².